The first-order chi connectivity index (χ1) is 13.1. The Labute approximate surface area is 163 Å². The lowest BCUT2D eigenvalue weighted by molar-refractivity contribution is 0.0802. The molecular weight excluding hydrogens is 358 g/mol. The summed E-state index contributed by atoms with van der Waals surface area (Å²) in [5.74, 6) is 0.0524. The van der Waals surface area contributed by atoms with E-state index in [2.05, 4.69) is 10.6 Å². The fourth-order valence-electron chi connectivity index (χ4n) is 3.95. The molecule has 2 aliphatic heterocycles. The van der Waals surface area contributed by atoms with Crippen LogP contribution >= 0.6 is 11.8 Å². The predicted octanol–water partition coefficient (Wildman–Crippen LogP) is 3.15. The third-order valence-electron chi connectivity index (χ3n) is 5.44. The number of piperidine rings is 2. The van der Waals surface area contributed by atoms with Crippen LogP contribution in [-0.4, -0.2) is 24.0 Å². The van der Waals surface area contributed by atoms with E-state index >= 15 is 0 Å². The van der Waals surface area contributed by atoms with Gasteiger partial charge < -0.3 is 11.1 Å². The topological polar surface area (TPSA) is 84.2 Å². The van der Waals surface area contributed by atoms with Gasteiger partial charge in [-0.1, -0.05) is 23.9 Å². The molecule has 2 aromatic carbocycles. The summed E-state index contributed by atoms with van der Waals surface area (Å²) in [6.07, 6.45) is 4.90. The Morgan fingerprint density at radius 3 is 2.33 bits per heavy atom. The van der Waals surface area contributed by atoms with Crippen molar-refractivity contribution in [3.05, 3.63) is 59.7 Å². The average Bonchev–Trinajstić information content (AvgIpc) is 2.70. The molecule has 0 spiro atoms. The summed E-state index contributed by atoms with van der Waals surface area (Å²) in [6.45, 7) is 0. The van der Waals surface area contributed by atoms with Gasteiger partial charge in [0.15, 0.2) is 0 Å². The molecule has 3 fully saturated rings. The Kier molecular flexibility index (Phi) is 5.18. The van der Waals surface area contributed by atoms with E-state index in [4.69, 9.17) is 5.73 Å². The summed E-state index contributed by atoms with van der Waals surface area (Å²) in [5.41, 5.74) is 6.58. The van der Waals surface area contributed by atoms with Crippen LogP contribution in [0, 0.1) is 5.92 Å². The molecule has 2 bridgehead atoms. The maximum atomic E-state index is 12.6. The lowest BCUT2D eigenvalue weighted by atomic mass is 9.79. The molecule has 140 valence electrons. The molecule has 1 saturated carbocycles. The van der Waals surface area contributed by atoms with E-state index in [9.17, 15) is 9.59 Å². The fourth-order valence-corrected chi connectivity index (χ4v) is 4.91. The molecule has 0 aromatic heterocycles. The molecule has 1 atom stereocenters. The van der Waals surface area contributed by atoms with Crippen LogP contribution < -0.4 is 16.4 Å². The van der Waals surface area contributed by atoms with Gasteiger partial charge in [-0.15, -0.1) is 0 Å². The van der Waals surface area contributed by atoms with E-state index in [0.717, 1.165) is 9.79 Å². The van der Waals surface area contributed by atoms with Crippen LogP contribution in [0.5, 0.6) is 0 Å². The molecule has 2 saturated heterocycles. The first-order valence-corrected chi connectivity index (χ1v) is 10.2. The molecule has 27 heavy (non-hydrogen) atoms. The van der Waals surface area contributed by atoms with Crippen LogP contribution in [0.4, 0.5) is 0 Å². The van der Waals surface area contributed by atoms with Gasteiger partial charge >= 0.3 is 0 Å². The summed E-state index contributed by atoms with van der Waals surface area (Å²) in [5, 5.41) is 6.68. The van der Waals surface area contributed by atoms with E-state index in [1.165, 1.54) is 37.4 Å². The van der Waals surface area contributed by atoms with Gasteiger partial charge in [0.1, 0.15) is 0 Å². The van der Waals surface area contributed by atoms with E-state index in [1.54, 1.807) is 12.1 Å². The number of carbonyl (C=O) groups is 2. The van der Waals surface area contributed by atoms with Crippen LogP contribution in [0.2, 0.25) is 0 Å². The summed E-state index contributed by atoms with van der Waals surface area (Å²) < 4.78 is 0. The highest BCUT2D eigenvalue weighted by molar-refractivity contribution is 7.99. The molecule has 2 aromatic rings. The number of nitrogens with one attached hydrogen (secondary N) is 2. The zero-order valence-corrected chi connectivity index (χ0v) is 15.8. The predicted molar refractivity (Wildman–Crippen MR) is 106 cm³/mol. The highest BCUT2D eigenvalue weighted by Crippen LogP contribution is 2.32. The minimum absolute atomic E-state index is 0.0471. The number of amides is 2. The lowest BCUT2D eigenvalue weighted by Crippen LogP contribution is -2.59. The smallest absolute Gasteiger partial charge is 0.252 e. The van der Waals surface area contributed by atoms with Crippen molar-refractivity contribution < 1.29 is 9.59 Å². The second kappa shape index (κ2) is 7.74. The molecule has 2 heterocycles. The zero-order chi connectivity index (χ0) is 18.8. The van der Waals surface area contributed by atoms with Crippen molar-refractivity contribution in [1.29, 1.82) is 0 Å². The fraction of sp³-hybridized carbons (Fsp3) is 0.333. The number of benzene rings is 2. The maximum absolute atomic E-state index is 12.6. The largest absolute Gasteiger partial charge is 0.366 e. The van der Waals surface area contributed by atoms with Gasteiger partial charge in [0.25, 0.3) is 5.91 Å². The highest BCUT2D eigenvalue weighted by Gasteiger charge is 2.35. The van der Waals surface area contributed by atoms with Gasteiger partial charge in [-0.2, -0.15) is 0 Å². The van der Waals surface area contributed by atoms with Crippen molar-refractivity contribution in [3.8, 4) is 0 Å². The Hall–Kier alpha value is -2.31. The molecule has 1 unspecified atom stereocenters. The Balaban J connectivity index is 1.42. The Morgan fingerprint density at radius 1 is 1.00 bits per heavy atom. The summed E-state index contributed by atoms with van der Waals surface area (Å²) in [6, 6.07) is 15.3. The van der Waals surface area contributed by atoms with Crippen molar-refractivity contribution in [3.63, 3.8) is 0 Å². The molecule has 5 nitrogen and oxygen atoms in total. The van der Waals surface area contributed by atoms with Crippen LogP contribution in [0.3, 0.4) is 0 Å². The Bertz CT molecular complexity index is 845. The molecule has 3 aliphatic rings. The second-order valence-corrected chi connectivity index (χ2v) is 8.33. The number of hydrogen-bond acceptors (Lipinski definition) is 4. The van der Waals surface area contributed by atoms with Crippen molar-refractivity contribution in [2.45, 2.75) is 47.7 Å². The number of carbonyl (C=O) groups excluding carboxylic acids is 2. The zero-order valence-electron chi connectivity index (χ0n) is 15.0. The molecule has 1 aliphatic carbocycles. The second-order valence-electron chi connectivity index (χ2n) is 7.22. The summed E-state index contributed by atoms with van der Waals surface area (Å²) in [7, 11) is 0. The van der Waals surface area contributed by atoms with Crippen LogP contribution in [0.25, 0.3) is 0 Å². The van der Waals surface area contributed by atoms with Crippen LogP contribution in [0.15, 0.2) is 58.3 Å². The highest BCUT2D eigenvalue weighted by atomic mass is 32.2. The maximum Gasteiger partial charge on any atom is 0.252 e. The minimum atomic E-state index is -0.441. The number of primary amides is 1. The quantitative estimate of drug-likeness (QED) is 0.743. The molecule has 5 rings (SSSR count). The summed E-state index contributed by atoms with van der Waals surface area (Å²) >= 11 is 1.46. The third-order valence-corrected chi connectivity index (χ3v) is 6.53. The molecule has 4 N–H and O–H groups in total. The first kappa shape index (κ1) is 18.1. The van der Waals surface area contributed by atoms with Gasteiger partial charge in [-0.25, -0.2) is 0 Å². The van der Waals surface area contributed by atoms with E-state index in [-0.39, 0.29) is 12.1 Å². The van der Waals surface area contributed by atoms with Crippen molar-refractivity contribution >= 4 is 23.6 Å². The first-order valence-electron chi connectivity index (χ1n) is 9.34. The third kappa shape index (κ3) is 4.01. The summed E-state index contributed by atoms with van der Waals surface area (Å²) in [4.78, 5) is 25.9. The SMILES string of the molecule is NC(=O)c1ccccc1Sc1ccc(C(=O)NC2NC3CCC2CC3)cc1. The van der Waals surface area contributed by atoms with Crippen molar-refractivity contribution in [2.75, 3.05) is 0 Å². The minimum Gasteiger partial charge on any atom is -0.366 e. The van der Waals surface area contributed by atoms with Gasteiger partial charge in [0.2, 0.25) is 5.91 Å². The number of hydrogen-bond donors (Lipinski definition) is 3. The molecule has 0 radical (unpaired) electrons. The normalized spacial score (nSPS) is 23.8. The van der Waals surface area contributed by atoms with E-state index < -0.39 is 5.91 Å². The number of fused-ring (bicyclic) bond motifs is 3. The van der Waals surface area contributed by atoms with Gasteiger partial charge in [0.05, 0.1) is 11.7 Å². The number of rotatable bonds is 5. The average molecular weight is 382 g/mol. The van der Waals surface area contributed by atoms with Crippen molar-refractivity contribution in [2.24, 2.45) is 11.7 Å². The van der Waals surface area contributed by atoms with Gasteiger partial charge in [-0.3, -0.25) is 14.9 Å². The molecular formula is C21H23N3O2S. The van der Waals surface area contributed by atoms with Gasteiger partial charge in [-0.05, 0) is 68.0 Å². The Morgan fingerprint density at radius 2 is 1.70 bits per heavy atom. The van der Waals surface area contributed by atoms with E-state index in [0.29, 0.717) is 23.1 Å². The van der Waals surface area contributed by atoms with Crippen molar-refractivity contribution in [1.82, 2.24) is 10.6 Å². The van der Waals surface area contributed by atoms with E-state index in [1.807, 2.05) is 36.4 Å². The van der Waals surface area contributed by atoms with Crippen LogP contribution in [0.1, 0.15) is 46.4 Å². The molecule has 2 amide bonds. The van der Waals surface area contributed by atoms with Gasteiger partial charge in [0, 0.05) is 21.4 Å². The van der Waals surface area contributed by atoms with Crippen LogP contribution in [-0.2, 0) is 0 Å². The lowest BCUT2D eigenvalue weighted by Gasteiger charge is -2.43. The monoisotopic (exact) mass is 381 g/mol. The number of nitrogens with two attached hydrogens (primary N) is 1. The standard InChI is InChI=1S/C21H23N3O2S/c22-19(25)17-3-1-2-4-18(17)27-16-11-7-14(8-12-16)21(26)24-20-13-5-9-15(23-20)10-6-13/h1-4,7-8,11-13,15,20,23H,5-6,9-10H2,(H2,22,25)(H,24,26). The molecule has 6 heteroatoms.